The van der Waals surface area contributed by atoms with Gasteiger partial charge in [0.25, 0.3) is 0 Å². The van der Waals surface area contributed by atoms with Crippen LogP contribution in [0, 0.1) is 0 Å². The third kappa shape index (κ3) is 6.70. The fraction of sp³-hybridized carbons (Fsp3) is 0.478. The van der Waals surface area contributed by atoms with Crippen molar-refractivity contribution < 1.29 is 19.4 Å². The highest BCUT2D eigenvalue weighted by molar-refractivity contribution is 9.10. The molecule has 2 fully saturated rings. The zero-order chi connectivity index (χ0) is 25.7. The van der Waals surface area contributed by atoms with Crippen molar-refractivity contribution in [2.45, 2.75) is 6.54 Å². The summed E-state index contributed by atoms with van der Waals surface area (Å²) in [5, 5.41) is 9.87. The van der Waals surface area contributed by atoms with Crippen molar-refractivity contribution in [1.82, 2.24) is 14.9 Å². The Balaban J connectivity index is 1.59. The summed E-state index contributed by atoms with van der Waals surface area (Å²) in [7, 11) is 0. The Kier molecular flexibility index (Phi) is 9.10. The van der Waals surface area contributed by atoms with E-state index in [-0.39, 0.29) is 36.0 Å². The minimum atomic E-state index is -1.00. The number of morpholine rings is 1. The van der Waals surface area contributed by atoms with E-state index in [0.717, 1.165) is 28.8 Å². The van der Waals surface area contributed by atoms with Gasteiger partial charge in [-0.2, -0.15) is 4.98 Å². The molecule has 36 heavy (non-hydrogen) atoms. The fourth-order valence-electron chi connectivity index (χ4n) is 4.30. The summed E-state index contributed by atoms with van der Waals surface area (Å²) in [5.41, 5.74) is 1.95. The fourth-order valence-corrected chi connectivity index (χ4v) is 4.99. The van der Waals surface area contributed by atoms with Gasteiger partial charge in [0.05, 0.1) is 13.2 Å². The van der Waals surface area contributed by atoms with Gasteiger partial charge in [0.15, 0.2) is 0 Å². The third-order valence-electron chi connectivity index (χ3n) is 6.11. The van der Waals surface area contributed by atoms with Crippen LogP contribution in [0.1, 0.15) is 5.56 Å². The maximum atomic E-state index is 11.9. The van der Waals surface area contributed by atoms with Gasteiger partial charge in [0, 0.05) is 62.0 Å². The number of piperazine rings is 1. The van der Waals surface area contributed by atoms with E-state index in [9.17, 15) is 14.7 Å². The van der Waals surface area contributed by atoms with Gasteiger partial charge in [0.2, 0.25) is 11.9 Å². The molecule has 13 heteroatoms. The second kappa shape index (κ2) is 12.3. The molecule has 2 aliphatic heterocycles. The van der Waals surface area contributed by atoms with E-state index in [1.165, 1.54) is 0 Å². The van der Waals surface area contributed by atoms with Crippen LogP contribution in [0.4, 0.5) is 17.5 Å². The summed E-state index contributed by atoms with van der Waals surface area (Å²) >= 11 is 15.6. The normalized spacial score (nSPS) is 16.2. The SMILES string of the molecule is O=C(O)CN(Cc1ccc(Br)cc1N1CCOCC1)c1nc(Cl)cc(N2CCN(C(=O)CCl)CC2)n1. The van der Waals surface area contributed by atoms with Crippen molar-refractivity contribution in [3.8, 4) is 0 Å². The largest absolute Gasteiger partial charge is 0.480 e. The quantitative estimate of drug-likeness (QED) is 0.361. The molecule has 0 bridgehead atoms. The van der Waals surface area contributed by atoms with Gasteiger partial charge < -0.3 is 29.4 Å². The smallest absolute Gasteiger partial charge is 0.323 e. The van der Waals surface area contributed by atoms with Gasteiger partial charge in [-0.25, -0.2) is 4.98 Å². The Hall–Kier alpha value is -2.34. The van der Waals surface area contributed by atoms with E-state index in [4.69, 9.17) is 27.9 Å². The minimum Gasteiger partial charge on any atom is -0.480 e. The second-order valence-electron chi connectivity index (χ2n) is 8.47. The number of amides is 1. The Bertz CT molecular complexity index is 1100. The van der Waals surface area contributed by atoms with Gasteiger partial charge in [0.1, 0.15) is 23.4 Å². The molecule has 2 saturated heterocycles. The van der Waals surface area contributed by atoms with Crippen molar-refractivity contribution >= 4 is 68.5 Å². The maximum absolute atomic E-state index is 11.9. The molecule has 0 saturated carbocycles. The lowest BCUT2D eigenvalue weighted by Gasteiger charge is -2.35. The molecule has 1 amide bonds. The van der Waals surface area contributed by atoms with Crippen molar-refractivity contribution in [2.75, 3.05) is 79.6 Å². The topological polar surface area (TPSA) is 102 Å². The van der Waals surface area contributed by atoms with Gasteiger partial charge >= 0.3 is 5.97 Å². The minimum absolute atomic E-state index is 0.0455. The van der Waals surface area contributed by atoms with E-state index in [1.54, 1.807) is 15.9 Å². The van der Waals surface area contributed by atoms with E-state index in [0.29, 0.717) is 45.2 Å². The summed E-state index contributed by atoms with van der Waals surface area (Å²) in [5.74, 6) is -0.331. The first-order valence-corrected chi connectivity index (χ1v) is 13.3. The van der Waals surface area contributed by atoms with E-state index >= 15 is 0 Å². The summed E-state index contributed by atoms with van der Waals surface area (Å²) in [6, 6.07) is 7.60. The molecule has 2 aromatic rings. The number of nitrogens with zero attached hydrogens (tertiary/aromatic N) is 6. The van der Waals surface area contributed by atoms with Crippen molar-refractivity contribution in [1.29, 1.82) is 0 Å². The van der Waals surface area contributed by atoms with Crippen LogP contribution in [0.25, 0.3) is 0 Å². The maximum Gasteiger partial charge on any atom is 0.323 e. The molecule has 10 nitrogen and oxygen atoms in total. The summed E-state index contributed by atoms with van der Waals surface area (Å²) in [6.45, 7) is 4.90. The molecule has 1 N–H and O–H groups in total. The summed E-state index contributed by atoms with van der Waals surface area (Å²) < 4.78 is 6.43. The molecule has 4 rings (SSSR count). The van der Waals surface area contributed by atoms with Gasteiger partial charge in [-0.15, -0.1) is 11.6 Å². The number of carbonyl (C=O) groups is 2. The van der Waals surface area contributed by atoms with Crippen molar-refractivity contribution in [2.24, 2.45) is 0 Å². The lowest BCUT2D eigenvalue weighted by atomic mass is 10.1. The van der Waals surface area contributed by atoms with Crippen LogP contribution in [0.5, 0.6) is 0 Å². The Morgan fingerprint density at radius 3 is 2.44 bits per heavy atom. The van der Waals surface area contributed by atoms with Crippen molar-refractivity contribution in [3.63, 3.8) is 0 Å². The number of aromatic nitrogens is 2. The van der Waals surface area contributed by atoms with Crippen LogP contribution in [0.3, 0.4) is 0 Å². The van der Waals surface area contributed by atoms with Crippen LogP contribution in [-0.2, 0) is 20.9 Å². The van der Waals surface area contributed by atoms with Crippen LogP contribution in [0.15, 0.2) is 28.7 Å². The van der Waals surface area contributed by atoms with E-state index in [2.05, 4.69) is 30.8 Å². The first-order valence-electron chi connectivity index (χ1n) is 11.5. The average molecular weight is 602 g/mol. The highest BCUT2D eigenvalue weighted by Gasteiger charge is 2.24. The van der Waals surface area contributed by atoms with Gasteiger partial charge in [-0.05, 0) is 17.7 Å². The molecule has 0 aliphatic carbocycles. The second-order valence-corrected chi connectivity index (χ2v) is 10.0. The number of rotatable bonds is 8. The number of benzene rings is 1. The first-order chi connectivity index (χ1) is 17.3. The number of alkyl halides is 1. The number of hydrogen-bond acceptors (Lipinski definition) is 8. The third-order valence-corrected chi connectivity index (χ3v) is 7.03. The lowest BCUT2D eigenvalue weighted by Crippen LogP contribution is -2.49. The van der Waals surface area contributed by atoms with Crippen molar-refractivity contribution in [3.05, 3.63) is 39.5 Å². The highest BCUT2D eigenvalue weighted by Crippen LogP contribution is 2.29. The van der Waals surface area contributed by atoms with E-state index < -0.39 is 5.97 Å². The predicted molar refractivity (Wildman–Crippen MR) is 142 cm³/mol. The number of anilines is 3. The molecule has 2 aliphatic rings. The standard InChI is InChI=1S/C23H27BrCl2N6O4/c24-17-2-1-16(18(11-17)29-7-9-36-10-8-29)14-32(15-22(34)35)23-27-19(26)12-20(28-23)30-3-5-31(6-4-30)21(33)13-25/h1-2,11-12H,3-10,13-15H2,(H,34,35). The molecule has 1 aromatic heterocycles. The zero-order valence-corrected chi connectivity index (χ0v) is 22.7. The van der Waals surface area contributed by atoms with Crippen LogP contribution >= 0.6 is 39.1 Å². The molecule has 3 heterocycles. The van der Waals surface area contributed by atoms with Crippen LogP contribution in [0.2, 0.25) is 5.15 Å². The highest BCUT2D eigenvalue weighted by atomic mass is 79.9. The predicted octanol–water partition coefficient (Wildman–Crippen LogP) is 2.71. The molecule has 1 aromatic carbocycles. The molecular weight excluding hydrogens is 575 g/mol. The van der Waals surface area contributed by atoms with Crippen LogP contribution in [-0.4, -0.2) is 96.8 Å². The number of carbonyl (C=O) groups excluding carboxylic acids is 1. The number of ether oxygens (including phenoxy) is 1. The molecule has 0 radical (unpaired) electrons. The Morgan fingerprint density at radius 1 is 1.06 bits per heavy atom. The number of hydrogen-bond donors (Lipinski definition) is 1. The number of halogens is 3. The average Bonchev–Trinajstić information content (AvgIpc) is 2.88. The molecule has 0 atom stereocenters. The molecule has 0 unspecified atom stereocenters. The Labute approximate surface area is 227 Å². The first kappa shape index (κ1) is 26.7. The summed E-state index contributed by atoms with van der Waals surface area (Å²) in [6.07, 6.45) is 0. The number of aliphatic carboxylic acids is 1. The number of carboxylic acid groups (broad SMARTS) is 1. The molecular formula is C23H27BrCl2N6O4. The Morgan fingerprint density at radius 2 is 1.78 bits per heavy atom. The lowest BCUT2D eigenvalue weighted by molar-refractivity contribution is -0.135. The number of carboxylic acids is 1. The molecule has 0 spiro atoms. The monoisotopic (exact) mass is 600 g/mol. The van der Waals surface area contributed by atoms with E-state index in [1.807, 2.05) is 23.1 Å². The summed E-state index contributed by atoms with van der Waals surface area (Å²) in [4.78, 5) is 40.3. The van der Waals surface area contributed by atoms with Crippen LogP contribution < -0.4 is 14.7 Å². The van der Waals surface area contributed by atoms with Gasteiger partial charge in [-0.3, -0.25) is 9.59 Å². The zero-order valence-electron chi connectivity index (χ0n) is 19.6. The van der Waals surface area contributed by atoms with Gasteiger partial charge in [-0.1, -0.05) is 33.6 Å². The molecule has 194 valence electrons.